The Morgan fingerprint density at radius 1 is 1.45 bits per heavy atom. The minimum atomic E-state index is -0.821. The fraction of sp³-hybridized carbons (Fsp3) is 0.562. The molecule has 20 heavy (non-hydrogen) atoms. The molecule has 1 fully saturated rings. The maximum Gasteiger partial charge on any atom is 0.223 e. The van der Waals surface area contributed by atoms with E-state index in [0.29, 0.717) is 12.8 Å². The van der Waals surface area contributed by atoms with Crippen LogP contribution in [0.5, 0.6) is 0 Å². The van der Waals surface area contributed by atoms with Gasteiger partial charge < -0.3 is 10.4 Å². The molecule has 0 saturated heterocycles. The monoisotopic (exact) mass is 279 g/mol. The van der Waals surface area contributed by atoms with Crippen LogP contribution in [0.15, 0.2) is 24.3 Å². The van der Waals surface area contributed by atoms with Crippen LogP contribution in [0.2, 0.25) is 0 Å². The third-order valence-corrected chi connectivity index (χ3v) is 4.31. The summed E-state index contributed by atoms with van der Waals surface area (Å²) in [6.45, 7) is 4.09. The molecule has 1 aliphatic rings. The molecule has 0 aromatic heterocycles. The topological polar surface area (TPSA) is 49.3 Å². The number of carbonyl (C=O) groups is 1. The molecule has 110 valence electrons. The zero-order chi connectivity index (χ0) is 14.8. The SMILES string of the molecule is CCC(O)(CC)CNC(=O)C1CC1c1cccc(F)c1. The summed E-state index contributed by atoms with van der Waals surface area (Å²) in [5.41, 5.74) is 0.0604. The molecule has 2 unspecified atom stereocenters. The summed E-state index contributed by atoms with van der Waals surface area (Å²) >= 11 is 0. The molecule has 1 amide bonds. The number of hydrogen-bond acceptors (Lipinski definition) is 2. The van der Waals surface area contributed by atoms with Crippen LogP contribution >= 0.6 is 0 Å². The molecule has 0 bridgehead atoms. The van der Waals surface area contributed by atoms with Crippen LogP contribution < -0.4 is 5.32 Å². The zero-order valence-corrected chi connectivity index (χ0v) is 12.0. The maximum atomic E-state index is 13.1. The van der Waals surface area contributed by atoms with Crippen LogP contribution in [0.1, 0.15) is 44.6 Å². The molecule has 0 spiro atoms. The first-order valence-corrected chi connectivity index (χ1v) is 7.24. The lowest BCUT2D eigenvalue weighted by Gasteiger charge is -2.25. The lowest BCUT2D eigenvalue weighted by molar-refractivity contribution is -0.123. The fourth-order valence-corrected chi connectivity index (χ4v) is 2.47. The number of halogens is 1. The van der Waals surface area contributed by atoms with Gasteiger partial charge in [-0.05, 0) is 42.9 Å². The second-order valence-electron chi connectivity index (χ2n) is 5.65. The number of aliphatic hydroxyl groups is 1. The highest BCUT2D eigenvalue weighted by molar-refractivity contribution is 5.82. The fourth-order valence-electron chi connectivity index (χ4n) is 2.47. The molecule has 1 saturated carbocycles. The van der Waals surface area contributed by atoms with Crippen LogP contribution in [0.4, 0.5) is 4.39 Å². The van der Waals surface area contributed by atoms with Gasteiger partial charge in [-0.3, -0.25) is 4.79 Å². The molecule has 1 aromatic rings. The van der Waals surface area contributed by atoms with Gasteiger partial charge in [-0.2, -0.15) is 0 Å². The zero-order valence-electron chi connectivity index (χ0n) is 12.0. The Morgan fingerprint density at radius 3 is 2.75 bits per heavy atom. The van der Waals surface area contributed by atoms with E-state index in [0.717, 1.165) is 12.0 Å². The number of benzene rings is 1. The molecule has 2 N–H and O–H groups in total. The summed E-state index contributed by atoms with van der Waals surface area (Å²) in [6.07, 6.45) is 1.98. The Morgan fingerprint density at radius 2 is 2.15 bits per heavy atom. The van der Waals surface area contributed by atoms with Crippen molar-refractivity contribution in [3.05, 3.63) is 35.6 Å². The maximum absolute atomic E-state index is 13.1. The molecule has 3 nitrogen and oxygen atoms in total. The van der Waals surface area contributed by atoms with Crippen molar-refractivity contribution in [2.45, 2.75) is 44.6 Å². The van der Waals surface area contributed by atoms with E-state index in [1.807, 2.05) is 19.9 Å². The highest BCUT2D eigenvalue weighted by atomic mass is 19.1. The lowest BCUT2D eigenvalue weighted by atomic mass is 9.97. The molecule has 0 heterocycles. The van der Waals surface area contributed by atoms with Crippen LogP contribution in [-0.2, 0) is 4.79 Å². The summed E-state index contributed by atoms with van der Waals surface area (Å²) < 4.78 is 13.1. The van der Waals surface area contributed by atoms with Gasteiger partial charge in [0.1, 0.15) is 5.82 Å². The Balaban J connectivity index is 1.87. The molecular formula is C16H22FNO2. The van der Waals surface area contributed by atoms with Gasteiger partial charge in [-0.25, -0.2) is 4.39 Å². The Labute approximate surface area is 119 Å². The molecular weight excluding hydrogens is 257 g/mol. The van der Waals surface area contributed by atoms with E-state index in [1.54, 1.807) is 6.07 Å². The number of nitrogens with one attached hydrogen (secondary N) is 1. The first-order valence-electron chi connectivity index (χ1n) is 7.24. The van der Waals surface area contributed by atoms with E-state index in [2.05, 4.69) is 5.32 Å². The van der Waals surface area contributed by atoms with E-state index in [-0.39, 0.29) is 30.1 Å². The van der Waals surface area contributed by atoms with E-state index < -0.39 is 5.60 Å². The van der Waals surface area contributed by atoms with Crippen molar-refractivity contribution < 1.29 is 14.3 Å². The van der Waals surface area contributed by atoms with Gasteiger partial charge in [0.25, 0.3) is 0 Å². The highest BCUT2D eigenvalue weighted by Gasteiger charge is 2.44. The average molecular weight is 279 g/mol. The summed E-state index contributed by atoms with van der Waals surface area (Å²) in [6, 6.07) is 6.43. The largest absolute Gasteiger partial charge is 0.388 e. The Bertz CT molecular complexity index is 485. The lowest BCUT2D eigenvalue weighted by Crippen LogP contribution is -2.42. The highest BCUT2D eigenvalue weighted by Crippen LogP contribution is 2.47. The third-order valence-electron chi connectivity index (χ3n) is 4.31. The van der Waals surface area contributed by atoms with Crippen LogP contribution in [-0.4, -0.2) is 23.2 Å². The molecule has 0 radical (unpaired) electrons. The Kier molecular flexibility index (Phi) is 4.43. The number of hydrogen-bond donors (Lipinski definition) is 2. The van der Waals surface area contributed by atoms with Gasteiger partial charge >= 0.3 is 0 Å². The van der Waals surface area contributed by atoms with E-state index >= 15 is 0 Å². The summed E-state index contributed by atoms with van der Waals surface area (Å²) in [4.78, 5) is 12.0. The smallest absolute Gasteiger partial charge is 0.223 e. The van der Waals surface area contributed by atoms with Gasteiger partial charge in [0.05, 0.1) is 5.60 Å². The van der Waals surface area contributed by atoms with Gasteiger partial charge in [-0.1, -0.05) is 26.0 Å². The van der Waals surface area contributed by atoms with Gasteiger partial charge in [0, 0.05) is 12.5 Å². The summed E-state index contributed by atoms with van der Waals surface area (Å²) in [5, 5.41) is 13.0. The predicted octanol–water partition coefficient (Wildman–Crippen LogP) is 2.60. The molecule has 4 heteroatoms. The number of amides is 1. The van der Waals surface area contributed by atoms with Crippen molar-refractivity contribution in [3.8, 4) is 0 Å². The molecule has 2 atom stereocenters. The molecule has 0 aliphatic heterocycles. The minimum Gasteiger partial charge on any atom is -0.388 e. The van der Waals surface area contributed by atoms with E-state index in [4.69, 9.17) is 0 Å². The van der Waals surface area contributed by atoms with Crippen molar-refractivity contribution in [2.75, 3.05) is 6.54 Å². The number of carbonyl (C=O) groups excluding carboxylic acids is 1. The van der Waals surface area contributed by atoms with Crippen LogP contribution in [0, 0.1) is 11.7 Å². The van der Waals surface area contributed by atoms with Crippen LogP contribution in [0.25, 0.3) is 0 Å². The first-order chi connectivity index (χ1) is 9.49. The van der Waals surface area contributed by atoms with Crippen molar-refractivity contribution in [3.63, 3.8) is 0 Å². The third kappa shape index (κ3) is 3.37. The van der Waals surface area contributed by atoms with E-state index in [1.165, 1.54) is 12.1 Å². The Hall–Kier alpha value is -1.42. The van der Waals surface area contributed by atoms with E-state index in [9.17, 15) is 14.3 Å². The quantitative estimate of drug-likeness (QED) is 0.841. The van der Waals surface area contributed by atoms with Gasteiger partial charge in [0.15, 0.2) is 0 Å². The van der Waals surface area contributed by atoms with Gasteiger partial charge in [0.2, 0.25) is 5.91 Å². The average Bonchev–Trinajstić information content (AvgIpc) is 3.25. The van der Waals surface area contributed by atoms with Gasteiger partial charge in [-0.15, -0.1) is 0 Å². The van der Waals surface area contributed by atoms with Crippen molar-refractivity contribution in [1.82, 2.24) is 5.32 Å². The standard InChI is InChI=1S/C16H22FNO2/c1-3-16(20,4-2)10-18-15(19)14-9-13(14)11-6-5-7-12(17)8-11/h5-8,13-14,20H,3-4,9-10H2,1-2H3,(H,18,19). The summed E-state index contributed by atoms with van der Waals surface area (Å²) in [5.74, 6) is -0.281. The van der Waals surface area contributed by atoms with Crippen molar-refractivity contribution in [2.24, 2.45) is 5.92 Å². The molecule has 1 aliphatic carbocycles. The van der Waals surface area contributed by atoms with Crippen molar-refractivity contribution >= 4 is 5.91 Å². The van der Waals surface area contributed by atoms with Crippen LogP contribution in [0.3, 0.4) is 0 Å². The number of rotatable bonds is 6. The summed E-state index contributed by atoms with van der Waals surface area (Å²) in [7, 11) is 0. The predicted molar refractivity (Wildman–Crippen MR) is 75.8 cm³/mol. The normalized spacial score (nSPS) is 21.6. The second-order valence-corrected chi connectivity index (χ2v) is 5.65. The molecule has 1 aromatic carbocycles. The first kappa shape index (κ1) is 15.0. The minimum absolute atomic E-state index is 0.0420. The second kappa shape index (κ2) is 5.92. The molecule has 2 rings (SSSR count). The van der Waals surface area contributed by atoms with Crippen molar-refractivity contribution in [1.29, 1.82) is 0 Å².